The molecular formula is C20H22BrN3O2. The molecular weight excluding hydrogens is 394 g/mol. The molecule has 1 atom stereocenters. The number of aromatic amines is 1. The Bertz CT molecular complexity index is 1080. The van der Waals surface area contributed by atoms with Gasteiger partial charge in [-0.3, -0.25) is 9.59 Å². The zero-order valence-electron chi connectivity index (χ0n) is 15.5. The zero-order chi connectivity index (χ0) is 19.2. The third-order valence-corrected chi connectivity index (χ3v) is 5.32. The number of fused-ring (bicyclic) bond motifs is 3. The number of hydrogen-bond acceptors (Lipinski definition) is 4. The lowest BCUT2D eigenvalue weighted by Crippen LogP contribution is -2.31. The van der Waals surface area contributed by atoms with Crippen molar-refractivity contribution in [2.24, 2.45) is 5.41 Å². The maximum atomic E-state index is 12.5. The first kappa shape index (κ1) is 18.6. The number of rotatable bonds is 3. The van der Waals surface area contributed by atoms with E-state index < -0.39 is 0 Å². The Balaban J connectivity index is 2.42. The van der Waals surface area contributed by atoms with Crippen molar-refractivity contribution in [1.82, 2.24) is 9.97 Å². The van der Waals surface area contributed by atoms with E-state index in [4.69, 9.17) is 4.98 Å². The van der Waals surface area contributed by atoms with Crippen LogP contribution in [0.5, 0.6) is 0 Å². The molecule has 0 bridgehead atoms. The van der Waals surface area contributed by atoms with Crippen molar-refractivity contribution in [2.75, 3.05) is 5.32 Å². The Morgan fingerprint density at radius 2 is 1.96 bits per heavy atom. The molecule has 0 fully saturated rings. The highest BCUT2D eigenvalue weighted by Crippen LogP contribution is 2.33. The van der Waals surface area contributed by atoms with Gasteiger partial charge in [-0.15, -0.1) is 0 Å². The van der Waals surface area contributed by atoms with Gasteiger partial charge in [0.05, 0.1) is 16.5 Å². The number of nitrogens with zero attached hydrogens (tertiary/aromatic N) is 1. The average molecular weight is 416 g/mol. The van der Waals surface area contributed by atoms with Crippen molar-refractivity contribution >= 4 is 49.2 Å². The molecule has 136 valence electrons. The molecule has 0 saturated carbocycles. The fraction of sp³-hybridized carbons (Fsp3) is 0.350. The van der Waals surface area contributed by atoms with Gasteiger partial charge in [0.25, 0.3) is 5.56 Å². The molecule has 6 heteroatoms. The number of aromatic nitrogens is 2. The van der Waals surface area contributed by atoms with Crippen LogP contribution in [0.15, 0.2) is 33.7 Å². The highest BCUT2D eigenvalue weighted by atomic mass is 79.9. The number of nitrogens with one attached hydrogen (secondary N) is 2. The smallest absolute Gasteiger partial charge is 0.258 e. The molecule has 0 aliphatic carbocycles. The summed E-state index contributed by atoms with van der Waals surface area (Å²) in [7, 11) is 0. The second-order valence-electron chi connectivity index (χ2n) is 7.69. The van der Waals surface area contributed by atoms with Crippen LogP contribution in [0.2, 0.25) is 0 Å². The van der Waals surface area contributed by atoms with Gasteiger partial charge in [0.2, 0.25) is 0 Å². The monoisotopic (exact) mass is 415 g/mol. The summed E-state index contributed by atoms with van der Waals surface area (Å²) < 4.78 is 0.861. The summed E-state index contributed by atoms with van der Waals surface area (Å²) in [4.78, 5) is 32.0. The molecule has 5 nitrogen and oxygen atoms in total. The zero-order valence-corrected chi connectivity index (χ0v) is 17.1. The molecule has 2 N–H and O–H groups in total. The molecule has 0 saturated heterocycles. The minimum absolute atomic E-state index is 0.0237. The number of anilines is 1. The topological polar surface area (TPSA) is 74.8 Å². The van der Waals surface area contributed by atoms with Crippen LogP contribution >= 0.6 is 15.9 Å². The van der Waals surface area contributed by atoms with Crippen LogP contribution in [0.4, 0.5) is 5.82 Å². The second-order valence-corrected chi connectivity index (χ2v) is 8.61. The Hall–Kier alpha value is -2.21. The number of halogens is 1. The number of ketones is 1. The number of carbonyl (C=O) groups is 1. The van der Waals surface area contributed by atoms with Gasteiger partial charge in [0, 0.05) is 27.5 Å². The van der Waals surface area contributed by atoms with Gasteiger partial charge in [0.15, 0.2) is 5.78 Å². The van der Waals surface area contributed by atoms with Gasteiger partial charge >= 0.3 is 0 Å². The van der Waals surface area contributed by atoms with E-state index in [1.54, 1.807) is 0 Å². The van der Waals surface area contributed by atoms with Crippen LogP contribution in [0.25, 0.3) is 21.7 Å². The quantitative estimate of drug-likeness (QED) is 0.471. The minimum atomic E-state index is -0.254. The first-order valence-corrected chi connectivity index (χ1v) is 9.31. The van der Waals surface area contributed by atoms with Crippen molar-refractivity contribution < 1.29 is 4.79 Å². The number of hydrogen-bond donors (Lipinski definition) is 2. The normalized spacial score (nSPS) is 13.2. The summed E-state index contributed by atoms with van der Waals surface area (Å²) >= 11 is 3.48. The second kappa shape index (κ2) is 6.50. The number of benzene rings is 1. The highest BCUT2D eigenvalue weighted by Gasteiger charge is 2.22. The molecule has 3 rings (SSSR count). The maximum Gasteiger partial charge on any atom is 0.258 e. The molecule has 3 aromatic rings. The van der Waals surface area contributed by atoms with E-state index in [1.165, 1.54) is 13.1 Å². The van der Waals surface area contributed by atoms with Gasteiger partial charge in [-0.1, -0.05) is 36.7 Å². The predicted octanol–water partition coefficient (Wildman–Crippen LogP) is 4.89. The van der Waals surface area contributed by atoms with Crippen LogP contribution < -0.4 is 10.9 Å². The Kier molecular flexibility index (Phi) is 4.65. The average Bonchev–Trinajstić information content (AvgIpc) is 2.53. The Morgan fingerprint density at radius 1 is 1.27 bits per heavy atom. The van der Waals surface area contributed by atoms with Crippen LogP contribution in [0.1, 0.15) is 45.0 Å². The minimum Gasteiger partial charge on any atom is -0.367 e. The predicted molar refractivity (Wildman–Crippen MR) is 110 cm³/mol. The van der Waals surface area contributed by atoms with Gasteiger partial charge < -0.3 is 10.3 Å². The number of pyridine rings is 2. The fourth-order valence-corrected chi connectivity index (χ4v) is 3.15. The number of H-pyrrole nitrogens is 1. The van der Waals surface area contributed by atoms with E-state index in [0.29, 0.717) is 22.3 Å². The molecule has 1 unspecified atom stereocenters. The lowest BCUT2D eigenvalue weighted by Gasteiger charge is -2.29. The lowest BCUT2D eigenvalue weighted by molar-refractivity contribution is 0.101. The van der Waals surface area contributed by atoms with Crippen molar-refractivity contribution in [2.45, 2.75) is 40.7 Å². The van der Waals surface area contributed by atoms with Crippen molar-refractivity contribution in [3.8, 4) is 0 Å². The third kappa shape index (κ3) is 3.26. The molecule has 0 aliphatic heterocycles. The maximum absolute atomic E-state index is 12.5. The first-order valence-electron chi connectivity index (χ1n) is 8.51. The van der Waals surface area contributed by atoms with E-state index in [2.05, 4.69) is 53.9 Å². The van der Waals surface area contributed by atoms with Crippen molar-refractivity contribution in [1.29, 1.82) is 0 Å². The molecule has 26 heavy (non-hydrogen) atoms. The standard InChI is InChI=1S/C20H22BrN3O2/c1-10(25)15-9-22-19(26)16-14-8-12(21)6-7-13(14)18(24-17(15)16)23-11(2)20(3,4)5/h6-9,11H,1-5H3,(H,22,26)(H,23,24). The van der Waals surface area contributed by atoms with Gasteiger partial charge in [-0.05, 0) is 37.5 Å². The Morgan fingerprint density at radius 3 is 2.58 bits per heavy atom. The van der Waals surface area contributed by atoms with Crippen LogP contribution in [-0.2, 0) is 0 Å². The molecule has 2 heterocycles. The van der Waals surface area contributed by atoms with E-state index in [9.17, 15) is 9.59 Å². The van der Waals surface area contributed by atoms with Gasteiger partial charge in [-0.2, -0.15) is 0 Å². The van der Waals surface area contributed by atoms with E-state index in [0.717, 1.165) is 15.2 Å². The summed E-state index contributed by atoms with van der Waals surface area (Å²) in [6.07, 6.45) is 1.45. The molecule has 1 aromatic carbocycles. The summed E-state index contributed by atoms with van der Waals surface area (Å²) in [6.45, 7) is 10.0. The fourth-order valence-electron chi connectivity index (χ4n) is 2.79. The largest absolute Gasteiger partial charge is 0.367 e. The first-order chi connectivity index (χ1) is 12.1. The van der Waals surface area contributed by atoms with Gasteiger partial charge in [0.1, 0.15) is 5.82 Å². The summed E-state index contributed by atoms with van der Waals surface area (Å²) in [5.41, 5.74) is 0.606. The van der Waals surface area contributed by atoms with Crippen molar-refractivity contribution in [3.05, 3.63) is 44.8 Å². The summed E-state index contributed by atoms with van der Waals surface area (Å²) in [5.74, 6) is 0.540. The van der Waals surface area contributed by atoms with E-state index in [-0.39, 0.29) is 22.8 Å². The molecule has 0 amide bonds. The van der Waals surface area contributed by atoms with E-state index in [1.807, 2.05) is 18.2 Å². The van der Waals surface area contributed by atoms with E-state index >= 15 is 0 Å². The van der Waals surface area contributed by atoms with Crippen molar-refractivity contribution in [3.63, 3.8) is 0 Å². The summed E-state index contributed by atoms with van der Waals surface area (Å²) in [6, 6.07) is 5.89. The Labute approximate surface area is 160 Å². The molecule has 0 aliphatic rings. The SMILES string of the molecule is CC(=O)c1c[nH]c(=O)c2c1nc(NC(C)C(C)(C)C)c1ccc(Br)cc12. The third-order valence-electron chi connectivity index (χ3n) is 4.83. The van der Waals surface area contributed by atoms with Gasteiger partial charge in [-0.25, -0.2) is 4.98 Å². The van der Waals surface area contributed by atoms with Crippen LogP contribution in [0, 0.1) is 5.41 Å². The highest BCUT2D eigenvalue weighted by molar-refractivity contribution is 9.10. The molecule has 0 spiro atoms. The summed E-state index contributed by atoms with van der Waals surface area (Å²) in [5, 5.41) is 5.52. The molecule has 0 radical (unpaired) electrons. The van der Waals surface area contributed by atoms with Crippen LogP contribution in [0.3, 0.4) is 0 Å². The molecule has 2 aromatic heterocycles. The lowest BCUT2D eigenvalue weighted by atomic mass is 9.88. The number of carbonyl (C=O) groups excluding carboxylic acids is 1. The number of Topliss-reactive ketones (excluding diaryl/α,β-unsaturated/α-hetero) is 1. The van der Waals surface area contributed by atoms with Crippen LogP contribution in [-0.4, -0.2) is 21.8 Å².